The quantitative estimate of drug-likeness (QED) is 0.487. The van der Waals surface area contributed by atoms with Crippen LogP contribution >= 0.6 is 12.2 Å². The molecule has 4 aromatic rings. The second-order valence-electron chi connectivity index (χ2n) is 7.18. The van der Waals surface area contributed by atoms with Gasteiger partial charge in [0.05, 0.1) is 37.3 Å². The third kappa shape index (κ3) is 3.29. The van der Waals surface area contributed by atoms with Crippen molar-refractivity contribution in [1.82, 2.24) is 23.6 Å². The van der Waals surface area contributed by atoms with E-state index in [0.29, 0.717) is 42.4 Å². The van der Waals surface area contributed by atoms with Crippen molar-refractivity contribution in [3.05, 3.63) is 75.3 Å². The molecule has 0 atom stereocenters. The number of morpholine rings is 1. The molecule has 2 aromatic heterocycles. The highest BCUT2D eigenvalue weighted by Crippen LogP contribution is 2.16. The number of nitrogens with zero attached hydrogens (tertiary/aromatic N) is 5. The Morgan fingerprint density at radius 1 is 1.00 bits per heavy atom. The summed E-state index contributed by atoms with van der Waals surface area (Å²) in [7, 11) is 0. The predicted octanol–water partition coefficient (Wildman–Crippen LogP) is 2.52. The molecular formula is C21H21N5O2S. The van der Waals surface area contributed by atoms with E-state index in [1.165, 1.54) is 0 Å². The summed E-state index contributed by atoms with van der Waals surface area (Å²) >= 11 is 5.78. The Hall–Kier alpha value is -2.81. The molecule has 1 saturated heterocycles. The molecule has 29 heavy (non-hydrogen) atoms. The number of hydrogen-bond donors (Lipinski definition) is 0. The molecule has 0 bridgehead atoms. The van der Waals surface area contributed by atoms with Crippen molar-refractivity contribution < 1.29 is 4.74 Å². The summed E-state index contributed by atoms with van der Waals surface area (Å²) in [6, 6.07) is 17.5. The Balaban J connectivity index is 1.71. The van der Waals surface area contributed by atoms with Crippen LogP contribution < -0.4 is 5.56 Å². The van der Waals surface area contributed by atoms with Gasteiger partial charge >= 0.3 is 0 Å². The second kappa shape index (κ2) is 7.55. The molecule has 148 valence electrons. The summed E-state index contributed by atoms with van der Waals surface area (Å²) in [5.74, 6) is 0.566. The number of rotatable bonds is 4. The summed E-state index contributed by atoms with van der Waals surface area (Å²) < 4.78 is 11.5. The van der Waals surface area contributed by atoms with E-state index in [2.05, 4.69) is 4.90 Å². The van der Waals surface area contributed by atoms with Gasteiger partial charge in [0, 0.05) is 13.1 Å². The molecule has 0 radical (unpaired) electrons. The molecule has 5 rings (SSSR count). The minimum atomic E-state index is -0.0597. The molecule has 3 heterocycles. The van der Waals surface area contributed by atoms with E-state index in [-0.39, 0.29) is 5.56 Å². The van der Waals surface area contributed by atoms with E-state index in [4.69, 9.17) is 22.1 Å². The number of fused-ring (bicyclic) bond motifs is 3. The van der Waals surface area contributed by atoms with Crippen LogP contribution in [-0.2, 0) is 18.0 Å². The van der Waals surface area contributed by atoms with Gasteiger partial charge in [0.1, 0.15) is 0 Å². The Morgan fingerprint density at radius 2 is 1.72 bits per heavy atom. The van der Waals surface area contributed by atoms with E-state index in [1.807, 2.05) is 63.7 Å². The minimum absolute atomic E-state index is 0.0597. The zero-order chi connectivity index (χ0) is 19.8. The molecule has 2 aromatic carbocycles. The molecule has 1 aliphatic heterocycles. The van der Waals surface area contributed by atoms with Gasteiger partial charge in [-0.25, -0.2) is 4.68 Å². The monoisotopic (exact) mass is 407 g/mol. The zero-order valence-electron chi connectivity index (χ0n) is 15.9. The lowest BCUT2D eigenvalue weighted by Gasteiger charge is -2.25. The average molecular weight is 407 g/mol. The summed E-state index contributed by atoms with van der Waals surface area (Å²) in [6.45, 7) is 4.13. The molecule has 8 heteroatoms. The van der Waals surface area contributed by atoms with Gasteiger partial charge in [-0.15, -0.1) is 5.10 Å². The van der Waals surface area contributed by atoms with Crippen LogP contribution in [0.1, 0.15) is 5.56 Å². The molecule has 7 nitrogen and oxygen atoms in total. The van der Waals surface area contributed by atoms with Crippen molar-refractivity contribution in [3.8, 4) is 0 Å². The molecule has 0 amide bonds. The lowest BCUT2D eigenvalue weighted by molar-refractivity contribution is 0.0210. The van der Waals surface area contributed by atoms with E-state index >= 15 is 0 Å². The van der Waals surface area contributed by atoms with Crippen molar-refractivity contribution in [3.63, 3.8) is 0 Å². The van der Waals surface area contributed by atoms with Gasteiger partial charge in [0.25, 0.3) is 5.56 Å². The summed E-state index contributed by atoms with van der Waals surface area (Å²) in [6.07, 6.45) is 0. The van der Waals surface area contributed by atoms with Crippen LogP contribution in [0.25, 0.3) is 16.7 Å². The standard InChI is InChI=1S/C21H21N5O2S/c27-19-17-8-4-5-9-18(17)26-20(24(19)14-16-6-2-1-3-7-16)22-25(21(26)29)15-23-10-12-28-13-11-23/h1-9H,10-15H2. The first-order chi connectivity index (χ1) is 14.2. The van der Waals surface area contributed by atoms with Crippen molar-refractivity contribution in [2.75, 3.05) is 26.3 Å². The largest absolute Gasteiger partial charge is 0.379 e. The van der Waals surface area contributed by atoms with Crippen LogP contribution in [0.15, 0.2) is 59.4 Å². The van der Waals surface area contributed by atoms with Crippen LogP contribution in [0.3, 0.4) is 0 Å². The zero-order valence-corrected chi connectivity index (χ0v) is 16.7. The number of benzene rings is 2. The molecular weight excluding hydrogens is 386 g/mol. The fourth-order valence-electron chi connectivity index (χ4n) is 3.80. The normalized spacial score (nSPS) is 15.3. The highest BCUT2D eigenvalue weighted by atomic mass is 32.1. The first kappa shape index (κ1) is 18.2. The minimum Gasteiger partial charge on any atom is -0.379 e. The maximum Gasteiger partial charge on any atom is 0.263 e. The molecule has 0 saturated carbocycles. The maximum absolute atomic E-state index is 13.3. The van der Waals surface area contributed by atoms with E-state index in [9.17, 15) is 4.79 Å². The van der Waals surface area contributed by atoms with Crippen LogP contribution in [-0.4, -0.2) is 50.0 Å². The van der Waals surface area contributed by atoms with E-state index in [1.54, 1.807) is 4.57 Å². The number of para-hydroxylation sites is 1. The van der Waals surface area contributed by atoms with Gasteiger partial charge in [-0.1, -0.05) is 42.5 Å². The summed E-state index contributed by atoms with van der Waals surface area (Å²) in [5.41, 5.74) is 1.77. The fraction of sp³-hybridized carbons (Fsp3) is 0.286. The molecule has 1 aliphatic rings. The first-order valence-electron chi connectivity index (χ1n) is 9.67. The van der Waals surface area contributed by atoms with Crippen molar-refractivity contribution in [1.29, 1.82) is 0 Å². The number of ether oxygens (including phenoxy) is 1. The van der Waals surface area contributed by atoms with Gasteiger partial charge < -0.3 is 4.74 Å². The van der Waals surface area contributed by atoms with E-state index < -0.39 is 0 Å². The van der Waals surface area contributed by atoms with Gasteiger partial charge in [0.15, 0.2) is 0 Å². The molecule has 0 spiro atoms. The van der Waals surface area contributed by atoms with Crippen LogP contribution in [0.4, 0.5) is 0 Å². The first-order valence-corrected chi connectivity index (χ1v) is 10.1. The lowest BCUT2D eigenvalue weighted by Crippen LogP contribution is -2.37. The fourth-order valence-corrected chi connectivity index (χ4v) is 4.08. The van der Waals surface area contributed by atoms with Crippen LogP contribution in [0, 0.1) is 4.77 Å². The van der Waals surface area contributed by atoms with Gasteiger partial charge in [0.2, 0.25) is 10.5 Å². The summed E-state index contributed by atoms with van der Waals surface area (Å²) in [5, 5.41) is 5.41. The molecule has 0 unspecified atom stereocenters. The second-order valence-corrected chi connectivity index (χ2v) is 7.55. The van der Waals surface area contributed by atoms with E-state index in [0.717, 1.165) is 24.2 Å². The van der Waals surface area contributed by atoms with Crippen LogP contribution in [0.5, 0.6) is 0 Å². The summed E-state index contributed by atoms with van der Waals surface area (Å²) in [4.78, 5) is 15.6. The SMILES string of the molecule is O=c1c2ccccc2n2c(=S)n(CN3CCOCC3)nc2n1Cc1ccccc1. The molecule has 1 fully saturated rings. The third-order valence-corrected chi connectivity index (χ3v) is 5.70. The topological polar surface area (TPSA) is 56.7 Å². The highest BCUT2D eigenvalue weighted by molar-refractivity contribution is 7.71. The third-order valence-electron chi connectivity index (χ3n) is 5.31. The highest BCUT2D eigenvalue weighted by Gasteiger charge is 2.18. The van der Waals surface area contributed by atoms with Gasteiger partial charge in [-0.2, -0.15) is 0 Å². The Morgan fingerprint density at radius 3 is 2.52 bits per heavy atom. The Bertz CT molecular complexity index is 1290. The van der Waals surface area contributed by atoms with Gasteiger partial charge in [-0.05, 0) is 29.9 Å². The van der Waals surface area contributed by atoms with Crippen LogP contribution in [0.2, 0.25) is 0 Å². The molecule has 0 aliphatic carbocycles. The molecule has 0 N–H and O–H groups in total. The smallest absolute Gasteiger partial charge is 0.263 e. The maximum atomic E-state index is 13.3. The lowest BCUT2D eigenvalue weighted by atomic mass is 10.2. The van der Waals surface area contributed by atoms with Crippen molar-refractivity contribution in [2.45, 2.75) is 13.2 Å². The van der Waals surface area contributed by atoms with Crippen molar-refractivity contribution >= 4 is 28.9 Å². The van der Waals surface area contributed by atoms with Gasteiger partial charge in [-0.3, -0.25) is 18.7 Å². The number of hydrogen-bond acceptors (Lipinski definition) is 5. The van der Waals surface area contributed by atoms with Crippen molar-refractivity contribution in [2.24, 2.45) is 0 Å². The Labute approximate surface area is 172 Å². The average Bonchev–Trinajstić information content (AvgIpc) is 3.09. The predicted molar refractivity (Wildman–Crippen MR) is 114 cm³/mol. The number of aromatic nitrogens is 4. The Kier molecular flexibility index (Phi) is 4.75.